The van der Waals surface area contributed by atoms with E-state index in [4.69, 9.17) is 0 Å². The molecule has 0 bridgehead atoms. The van der Waals surface area contributed by atoms with Crippen molar-refractivity contribution < 1.29 is 0 Å². The molecule has 110 valence electrons. The van der Waals surface area contributed by atoms with Crippen molar-refractivity contribution in [2.45, 2.75) is 45.1 Å². The van der Waals surface area contributed by atoms with Crippen LogP contribution >= 0.6 is 15.9 Å². The van der Waals surface area contributed by atoms with Gasteiger partial charge in [-0.3, -0.25) is 0 Å². The van der Waals surface area contributed by atoms with E-state index < -0.39 is 0 Å². The van der Waals surface area contributed by atoms with Crippen LogP contribution in [-0.2, 0) is 11.8 Å². The van der Waals surface area contributed by atoms with Crippen molar-refractivity contribution in [1.29, 1.82) is 0 Å². The minimum Gasteiger partial charge on any atom is -0.378 e. The maximum absolute atomic E-state index is 3.78. The zero-order valence-electron chi connectivity index (χ0n) is 12.9. The monoisotopic (exact) mass is 343 g/mol. The third-order valence-corrected chi connectivity index (χ3v) is 5.02. The molecule has 0 aliphatic heterocycles. The number of hydrogen-bond acceptors (Lipinski definition) is 1. The smallest absolute Gasteiger partial charge is 0.0520 e. The standard InChI is InChI=1S/C19H22BrN/c1-19(2,3)15-8-4-5-10-18(15)21-17-12-11-13-14(17)7-6-9-16(13)20/h4-10,17,21H,11-12H2,1-3H3. The second-order valence-corrected chi connectivity index (χ2v) is 7.69. The van der Waals surface area contributed by atoms with E-state index in [2.05, 4.69) is 84.5 Å². The minimum absolute atomic E-state index is 0.155. The average molecular weight is 344 g/mol. The molecule has 3 rings (SSSR count). The molecule has 2 aromatic carbocycles. The van der Waals surface area contributed by atoms with E-state index in [9.17, 15) is 0 Å². The Balaban J connectivity index is 1.92. The summed E-state index contributed by atoms with van der Waals surface area (Å²) in [4.78, 5) is 0. The Morgan fingerprint density at radius 1 is 1.05 bits per heavy atom. The number of para-hydroxylation sites is 1. The van der Waals surface area contributed by atoms with Gasteiger partial charge in [-0.25, -0.2) is 0 Å². The molecule has 0 radical (unpaired) electrons. The van der Waals surface area contributed by atoms with Crippen molar-refractivity contribution in [3.05, 3.63) is 63.6 Å². The molecule has 1 aliphatic rings. The molecule has 0 saturated heterocycles. The maximum atomic E-state index is 3.78. The summed E-state index contributed by atoms with van der Waals surface area (Å²) in [6, 6.07) is 15.6. The molecule has 2 heteroatoms. The van der Waals surface area contributed by atoms with Gasteiger partial charge in [0, 0.05) is 10.2 Å². The van der Waals surface area contributed by atoms with E-state index in [-0.39, 0.29) is 5.41 Å². The molecule has 21 heavy (non-hydrogen) atoms. The Hall–Kier alpha value is -1.28. The lowest BCUT2D eigenvalue weighted by atomic mass is 9.85. The quantitative estimate of drug-likeness (QED) is 0.721. The van der Waals surface area contributed by atoms with Crippen molar-refractivity contribution in [3.63, 3.8) is 0 Å². The Kier molecular flexibility index (Phi) is 3.83. The Morgan fingerprint density at radius 3 is 2.57 bits per heavy atom. The van der Waals surface area contributed by atoms with Crippen LogP contribution in [0.2, 0.25) is 0 Å². The van der Waals surface area contributed by atoms with E-state index in [0.717, 1.165) is 12.8 Å². The lowest BCUT2D eigenvalue weighted by Crippen LogP contribution is -2.16. The molecule has 0 spiro atoms. The average Bonchev–Trinajstić information content (AvgIpc) is 2.83. The van der Waals surface area contributed by atoms with Gasteiger partial charge >= 0.3 is 0 Å². The Morgan fingerprint density at radius 2 is 1.81 bits per heavy atom. The van der Waals surface area contributed by atoms with E-state index >= 15 is 0 Å². The molecule has 1 unspecified atom stereocenters. The van der Waals surface area contributed by atoms with Crippen molar-refractivity contribution >= 4 is 21.6 Å². The summed E-state index contributed by atoms with van der Waals surface area (Å²) in [6.45, 7) is 6.81. The Bertz CT molecular complexity index is 655. The second kappa shape index (κ2) is 5.49. The molecular formula is C19H22BrN. The predicted octanol–water partition coefficient (Wildman–Crippen LogP) is 5.85. The van der Waals surface area contributed by atoms with Crippen LogP contribution in [0, 0.1) is 0 Å². The zero-order chi connectivity index (χ0) is 15.0. The largest absolute Gasteiger partial charge is 0.378 e. The molecule has 1 nitrogen and oxygen atoms in total. The van der Waals surface area contributed by atoms with Gasteiger partial charge in [0.05, 0.1) is 6.04 Å². The number of halogens is 1. The first-order chi connectivity index (χ1) is 9.97. The van der Waals surface area contributed by atoms with Gasteiger partial charge in [-0.15, -0.1) is 0 Å². The van der Waals surface area contributed by atoms with Gasteiger partial charge in [0.2, 0.25) is 0 Å². The van der Waals surface area contributed by atoms with E-state index in [1.54, 1.807) is 0 Å². The fourth-order valence-corrected chi connectivity index (χ4v) is 3.79. The summed E-state index contributed by atoms with van der Waals surface area (Å²) in [5.74, 6) is 0. The third-order valence-electron chi connectivity index (χ3n) is 4.28. The number of hydrogen-bond donors (Lipinski definition) is 1. The highest BCUT2D eigenvalue weighted by Crippen LogP contribution is 2.39. The molecule has 1 atom stereocenters. The first-order valence-electron chi connectivity index (χ1n) is 7.60. The van der Waals surface area contributed by atoms with E-state index in [0.29, 0.717) is 6.04 Å². The fraction of sp³-hybridized carbons (Fsp3) is 0.368. The van der Waals surface area contributed by atoms with E-state index in [1.165, 1.54) is 26.9 Å². The highest BCUT2D eigenvalue weighted by Gasteiger charge is 2.25. The third kappa shape index (κ3) is 2.87. The fourth-order valence-electron chi connectivity index (χ4n) is 3.21. The lowest BCUT2D eigenvalue weighted by Gasteiger charge is -2.26. The van der Waals surface area contributed by atoms with Crippen molar-refractivity contribution in [2.24, 2.45) is 0 Å². The highest BCUT2D eigenvalue weighted by atomic mass is 79.9. The molecule has 2 aromatic rings. The molecule has 1 aliphatic carbocycles. The molecular weight excluding hydrogens is 322 g/mol. The van der Waals surface area contributed by atoms with Crippen LogP contribution in [0.25, 0.3) is 0 Å². The van der Waals surface area contributed by atoms with Gasteiger partial charge in [-0.2, -0.15) is 0 Å². The number of rotatable bonds is 2. The Labute approximate surface area is 135 Å². The summed E-state index contributed by atoms with van der Waals surface area (Å²) in [5, 5.41) is 3.78. The van der Waals surface area contributed by atoms with Gasteiger partial charge in [0.15, 0.2) is 0 Å². The topological polar surface area (TPSA) is 12.0 Å². The number of benzene rings is 2. The van der Waals surface area contributed by atoms with E-state index in [1.807, 2.05) is 0 Å². The molecule has 0 amide bonds. The normalized spacial score (nSPS) is 17.6. The number of anilines is 1. The van der Waals surface area contributed by atoms with Crippen LogP contribution in [0.1, 0.15) is 49.9 Å². The first-order valence-corrected chi connectivity index (χ1v) is 8.39. The van der Waals surface area contributed by atoms with Crippen LogP contribution < -0.4 is 5.32 Å². The first kappa shape index (κ1) is 14.6. The summed E-state index contributed by atoms with van der Waals surface area (Å²) in [5.41, 5.74) is 5.70. The number of fused-ring (bicyclic) bond motifs is 1. The highest BCUT2D eigenvalue weighted by molar-refractivity contribution is 9.10. The van der Waals surface area contributed by atoms with Gasteiger partial charge in [-0.05, 0) is 47.1 Å². The van der Waals surface area contributed by atoms with Crippen molar-refractivity contribution in [1.82, 2.24) is 0 Å². The van der Waals surface area contributed by atoms with Crippen LogP contribution in [0.5, 0.6) is 0 Å². The molecule has 0 saturated carbocycles. The maximum Gasteiger partial charge on any atom is 0.0520 e. The molecule has 0 heterocycles. The van der Waals surface area contributed by atoms with Gasteiger partial charge in [0.25, 0.3) is 0 Å². The summed E-state index contributed by atoms with van der Waals surface area (Å²) in [6.07, 6.45) is 2.31. The van der Waals surface area contributed by atoms with Gasteiger partial charge in [-0.1, -0.05) is 67.0 Å². The molecule has 0 fully saturated rings. The van der Waals surface area contributed by atoms with Crippen LogP contribution in [-0.4, -0.2) is 0 Å². The van der Waals surface area contributed by atoms with Crippen molar-refractivity contribution in [3.8, 4) is 0 Å². The molecule has 1 N–H and O–H groups in total. The zero-order valence-corrected chi connectivity index (χ0v) is 14.5. The van der Waals surface area contributed by atoms with Crippen LogP contribution in [0.3, 0.4) is 0 Å². The summed E-state index contributed by atoms with van der Waals surface area (Å²) >= 11 is 3.68. The molecule has 0 aromatic heterocycles. The minimum atomic E-state index is 0.155. The second-order valence-electron chi connectivity index (χ2n) is 6.84. The lowest BCUT2D eigenvalue weighted by molar-refractivity contribution is 0.590. The SMILES string of the molecule is CC(C)(C)c1ccccc1NC1CCc2c(Br)cccc21. The predicted molar refractivity (Wildman–Crippen MR) is 94.0 cm³/mol. The van der Waals surface area contributed by atoms with Crippen LogP contribution in [0.4, 0.5) is 5.69 Å². The summed E-state index contributed by atoms with van der Waals surface area (Å²) < 4.78 is 1.24. The van der Waals surface area contributed by atoms with Crippen LogP contribution in [0.15, 0.2) is 46.9 Å². The van der Waals surface area contributed by atoms with Gasteiger partial charge < -0.3 is 5.32 Å². The number of nitrogens with one attached hydrogen (secondary N) is 1. The van der Waals surface area contributed by atoms with Crippen molar-refractivity contribution in [2.75, 3.05) is 5.32 Å². The van der Waals surface area contributed by atoms with Gasteiger partial charge in [0.1, 0.15) is 0 Å². The summed E-state index contributed by atoms with van der Waals surface area (Å²) in [7, 11) is 0.